The third kappa shape index (κ3) is 1.70. The fourth-order valence-corrected chi connectivity index (χ4v) is 1.47. The number of nitrogens with zero attached hydrogens (tertiary/aromatic N) is 1. The first-order valence-electron chi connectivity index (χ1n) is 4.81. The Labute approximate surface area is 86.9 Å². The van der Waals surface area contributed by atoms with Crippen LogP contribution in [0, 0.1) is 0 Å². The molecule has 0 aliphatic rings. The highest BCUT2D eigenvalue weighted by molar-refractivity contribution is 5.74. The number of fused-ring (bicyclic) bond motifs is 1. The van der Waals surface area contributed by atoms with Crippen LogP contribution in [0.4, 0.5) is 0 Å². The van der Waals surface area contributed by atoms with Crippen LogP contribution >= 0.6 is 0 Å². The van der Waals surface area contributed by atoms with Gasteiger partial charge in [0.25, 0.3) is 0 Å². The quantitative estimate of drug-likeness (QED) is 0.806. The summed E-state index contributed by atoms with van der Waals surface area (Å²) in [6, 6.07) is 5.12. The number of methoxy groups -OCH3 is 1. The van der Waals surface area contributed by atoms with Gasteiger partial charge in [-0.1, -0.05) is 6.92 Å². The number of rotatable bonds is 2. The van der Waals surface area contributed by atoms with Gasteiger partial charge in [-0.05, 0) is 12.5 Å². The molecule has 0 unspecified atom stereocenters. The van der Waals surface area contributed by atoms with Gasteiger partial charge in [0.1, 0.15) is 5.52 Å². The molecular formula is C11H12N2O2. The number of H-pyrrole nitrogens is 1. The molecule has 0 amide bonds. The fourth-order valence-electron chi connectivity index (χ4n) is 1.47. The predicted octanol–water partition coefficient (Wildman–Crippen LogP) is 1.49. The maximum Gasteiger partial charge on any atom is 0.213 e. The molecule has 0 spiro atoms. The summed E-state index contributed by atoms with van der Waals surface area (Å²) in [6.07, 6.45) is 0.803. The van der Waals surface area contributed by atoms with E-state index in [1.165, 1.54) is 7.11 Å². The predicted molar refractivity (Wildman–Crippen MR) is 58.3 cm³/mol. The van der Waals surface area contributed by atoms with Crippen LogP contribution in [-0.4, -0.2) is 17.1 Å². The summed E-state index contributed by atoms with van der Waals surface area (Å²) >= 11 is 0. The van der Waals surface area contributed by atoms with Gasteiger partial charge in [-0.15, -0.1) is 0 Å². The minimum atomic E-state index is -0.0699. The molecule has 0 aromatic carbocycles. The van der Waals surface area contributed by atoms with E-state index in [9.17, 15) is 4.79 Å². The van der Waals surface area contributed by atoms with Gasteiger partial charge in [-0.2, -0.15) is 0 Å². The zero-order chi connectivity index (χ0) is 10.8. The lowest BCUT2D eigenvalue weighted by molar-refractivity contribution is 0.399. The van der Waals surface area contributed by atoms with Crippen molar-refractivity contribution in [1.82, 2.24) is 9.97 Å². The smallest absolute Gasteiger partial charge is 0.213 e. The Bertz CT molecular complexity index is 546. The summed E-state index contributed by atoms with van der Waals surface area (Å²) in [7, 11) is 1.53. The van der Waals surface area contributed by atoms with E-state index >= 15 is 0 Å². The van der Waals surface area contributed by atoms with Gasteiger partial charge < -0.3 is 9.72 Å². The van der Waals surface area contributed by atoms with Crippen LogP contribution in [0.2, 0.25) is 0 Å². The van der Waals surface area contributed by atoms with Crippen molar-refractivity contribution in [2.45, 2.75) is 13.3 Å². The van der Waals surface area contributed by atoms with Crippen molar-refractivity contribution >= 4 is 11.0 Å². The summed E-state index contributed by atoms with van der Waals surface area (Å²) in [5, 5.41) is 0. The zero-order valence-electron chi connectivity index (χ0n) is 8.70. The van der Waals surface area contributed by atoms with Gasteiger partial charge in [0, 0.05) is 17.8 Å². The number of pyridine rings is 2. The lowest BCUT2D eigenvalue weighted by Gasteiger charge is -2.03. The maximum absolute atomic E-state index is 11.7. The van der Waals surface area contributed by atoms with Gasteiger partial charge in [0.2, 0.25) is 11.3 Å². The van der Waals surface area contributed by atoms with Crippen molar-refractivity contribution in [2.24, 2.45) is 0 Å². The highest BCUT2D eigenvalue weighted by Gasteiger charge is 2.03. The Hall–Kier alpha value is -1.84. The lowest BCUT2D eigenvalue weighted by atomic mass is 10.2. The Kier molecular flexibility index (Phi) is 2.41. The minimum absolute atomic E-state index is 0.0699. The first-order valence-corrected chi connectivity index (χ1v) is 4.81. The Morgan fingerprint density at radius 3 is 2.93 bits per heavy atom. The van der Waals surface area contributed by atoms with Gasteiger partial charge in [0.15, 0.2) is 0 Å². The van der Waals surface area contributed by atoms with Crippen molar-refractivity contribution < 1.29 is 4.74 Å². The van der Waals surface area contributed by atoms with Crippen molar-refractivity contribution in [2.75, 3.05) is 7.11 Å². The Morgan fingerprint density at radius 2 is 2.27 bits per heavy atom. The van der Waals surface area contributed by atoms with E-state index in [0.29, 0.717) is 11.4 Å². The zero-order valence-corrected chi connectivity index (χ0v) is 8.70. The Morgan fingerprint density at radius 1 is 1.47 bits per heavy atom. The van der Waals surface area contributed by atoms with Crippen LogP contribution in [-0.2, 0) is 6.42 Å². The second-order valence-corrected chi connectivity index (χ2v) is 3.26. The topological polar surface area (TPSA) is 55.0 Å². The fraction of sp³-hybridized carbons (Fsp3) is 0.273. The number of hydrogen-bond acceptors (Lipinski definition) is 3. The first kappa shape index (κ1) is 9.71. The molecular weight excluding hydrogens is 192 g/mol. The molecule has 0 bridgehead atoms. The van der Waals surface area contributed by atoms with E-state index in [-0.39, 0.29) is 5.43 Å². The highest BCUT2D eigenvalue weighted by Crippen LogP contribution is 2.11. The van der Waals surface area contributed by atoms with E-state index < -0.39 is 0 Å². The molecule has 0 saturated carbocycles. The number of aromatic amines is 1. The summed E-state index contributed by atoms with van der Waals surface area (Å²) in [5.74, 6) is 0.456. The molecule has 0 atom stereocenters. The van der Waals surface area contributed by atoms with Gasteiger partial charge in [-0.3, -0.25) is 4.79 Å². The number of aryl methyl sites for hydroxylation is 1. The van der Waals surface area contributed by atoms with Crippen LogP contribution in [0.3, 0.4) is 0 Å². The van der Waals surface area contributed by atoms with Crippen LogP contribution in [0.1, 0.15) is 12.6 Å². The maximum atomic E-state index is 11.7. The first-order chi connectivity index (χ1) is 7.24. The monoisotopic (exact) mass is 204 g/mol. The third-order valence-electron chi connectivity index (χ3n) is 2.29. The van der Waals surface area contributed by atoms with Crippen LogP contribution in [0.25, 0.3) is 11.0 Å². The summed E-state index contributed by atoms with van der Waals surface area (Å²) in [5.41, 5.74) is 2.02. The molecule has 0 radical (unpaired) electrons. The number of ether oxygens (including phenoxy) is 1. The molecule has 2 rings (SSSR count). The van der Waals surface area contributed by atoms with E-state index in [1.54, 1.807) is 12.1 Å². The second kappa shape index (κ2) is 3.73. The minimum Gasteiger partial charge on any atom is -0.481 e. The average Bonchev–Trinajstić information content (AvgIpc) is 2.28. The van der Waals surface area contributed by atoms with E-state index in [1.807, 2.05) is 13.0 Å². The van der Waals surface area contributed by atoms with Crippen molar-refractivity contribution in [3.05, 3.63) is 34.1 Å². The molecule has 2 aromatic rings. The number of aromatic nitrogens is 2. The summed E-state index contributed by atoms with van der Waals surface area (Å²) < 4.78 is 4.97. The third-order valence-corrected chi connectivity index (χ3v) is 2.29. The molecule has 15 heavy (non-hydrogen) atoms. The number of hydrogen-bond donors (Lipinski definition) is 1. The Balaban J connectivity index is 2.74. The molecule has 1 N–H and O–H groups in total. The van der Waals surface area contributed by atoms with Crippen LogP contribution in [0.5, 0.6) is 5.88 Å². The normalized spacial score (nSPS) is 10.5. The molecule has 78 valence electrons. The van der Waals surface area contributed by atoms with Crippen molar-refractivity contribution in [3.8, 4) is 5.88 Å². The van der Waals surface area contributed by atoms with E-state index in [0.717, 1.165) is 17.6 Å². The molecule has 2 heterocycles. The molecule has 4 heteroatoms. The molecule has 0 saturated heterocycles. The van der Waals surface area contributed by atoms with Gasteiger partial charge in [0.05, 0.1) is 12.6 Å². The average molecular weight is 204 g/mol. The van der Waals surface area contributed by atoms with Crippen molar-refractivity contribution in [3.63, 3.8) is 0 Å². The van der Waals surface area contributed by atoms with Crippen molar-refractivity contribution in [1.29, 1.82) is 0 Å². The SMILES string of the molecule is CCc1cc(=O)c2nc(OC)ccc2[nH]1. The molecule has 0 fully saturated rings. The summed E-state index contributed by atoms with van der Waals surface area (Å²) in [6.45, 7) is 1.99. The van der Waals surface area contributed by atoms with E-state index in [4.69, 9.17) is 4.74 Å². The van der Waals surface area contributed by atoms with E-state index in [2.05, 4.69) is 9.97 Å². The van der Waals surface area contributed by atoms with Gasteiger partial charge in [-0.25, -0.2) is 4.98 Å². The van der Waals surface area contributed by atoms with Gasteiger partial charge >= 0.3 is 0 Å². The lowest BCUT2D eigenvalue weighted by Crippen LogP contribution is -2.06. The van der Waals surface area contributed by atoms with Crippen LogP contribution < -0.4 is 10.2 Å². The largest absolute Gasteiger partial charge is 0.481 e. The molecule has 2 aromatic heterocycles. The summed E-state index contributed by atoms with van der Waals surface area (Å²) in [4.78, 5) is 18.9. The standard InChI is InChI=1S/C11H12N2O2/c1-3-7-6-9(14)11-8(12-7)4-5-10(13-11)15-2/h4-6H,3H2,1-2H3,(H,12,14). The number of nitrogens with one attached hydrogen (secondary N) is 1. The molecule has 4 nitrogen and oxygen atoms in total. The second-order valence-electron chi connectivity index (χ2n) is 3.26. The molecule has 0 aliphatic carbocycles. The highest BCUT2D eigenvalue weighted by atomic mass is 16.5. The molecule has 0 aliphatic heterocycles. The van der Waals surface area contributed by atoms with Crippen LogP contribution in [0.15, 0.2) is 23.0 Å².